The van der Waals surface area contributed by atoms with Gasteiger partial charge in [-0.3, -0.25) is 0 Å². The third-order valence-corrected chi connectivity index (χ3v) is 3.38. The van der Waals surface area contributed by atoms with E-state index in [1.54, 1.807) is 0 Å². The second-order valence-electron chi connectivity index (χ2n) is 4.54. The standard InChI is InChI=1S/C11H14ClN/c1-10(2)7-11(10,13)8-4-3-5-9(12)6-8/h3-6H,7,13H2,1-2H3. The van der Waals surface area contributed by atoms with Crippen molar-refractivity contribution >= 4 is 11.6 Å². The lowest BCUT2D eigenvalue weighted by molar-refractivity contribution is 0.510. The molecule has 0 bridgehead atoms. The average Bonchev–Trinajstić information content (AvgIpc) is 2.53. The van der Waals surface area contributed by atoms with E-state index in [-0.39, 0.29) is 11.0 Å². The van der Waals surface area contributed by atoms with Crippen molar-refractivity contribution in [1.29, 1.82) is 0 Å². The van der Waals surface area contributed by atoms with Gasteiger partial charge in [0.2, 0.25) is 0 Å². The minimum Gasteiger partial charge on any atom is -0.321 e. The summed E-state index contributed by atoms with van der Waals surface area (Å²) in [5, 5.41) is 0.769. The van der Waals surface area contributed by atoms with E-state index in [0.29, 0.717) is 0 Å². The van der Waals surface area contributed by atoms with Gasteiger partial charge < -0.3 is 5.73 Å². The number of halogens is 1. The molecule has 1 unspecified atom stereocenters. The molecule has 0 amide bonds. The topological polar surface area (TPSA) is 26.0 Å². The van der Waals surface area contributed by atoms with Crippen molar-refractivity contribution in [3.63, 3.8) is 0 Å². The van der Waals surface area contributed by atoms with Crippen molar-refractivity contribution in [2.24, 2.45) is 11.1 Å². The molecule has 0 aromatic heterocycles. The van der Waals surface area contributed by atoms with Gasteiger partial charge in [0.05, 0.1) is 0 Å². The molecule has 13 heavy (non-hydrogen) atoms. The summed E-state index contributed by atoms with van der Waals surface area (Å²) >= 11 is 5.92. The molecule has 0 radical (unpaired) electrons. The summed E-state index contributed by atoms with van der Waals surface area (Å²) in [5.74, 6) is 0. The Morgan fingerprint density at radius 1 is 1.38 bits per heavy atom. The second-order valence-corrected chi connectivity index (χ2v) is 4.98. The van der Waals surface area contributed by atoms with Gasteiger partial charge in [0.15, 0.2) is 0 Å². The van der Waals surface area contributed by atoms with E-state index < -0.39 is 0 Å². The van der Waals surface area contributed by atoms with Crippen LogP contribution in [0, 0.1) is 5.41 Å². The van der Waals surface area contributed by atoms with Crippen LogP contribution in [0.25, 0.3) is 0 Å². The van der Waals surface area contributed by atoms with Crippen LogP contribution in [-0.2, 0) is 5.54 Å². The number of hydrogen-bond acceptors (Lipinski definition) is 1. The van der Waals surface area contributed by atoms with Crippen LogP contribution in [0.2, 0.25) is 5.02 Å². The van der Waals surface area contributed by atoms with Crippen LogP contribution >= 0.6 is 11.6 Å². The van der Waals surface area contributed by atoms with Crippen molar-refractivity contribution in [3.05, 3.63) is 34.9 Å². The average molecular weight is 196 g/mol. The van der Waals surface area contributed by atoms with Crippen molar-refractivity contribution < 1.29 is 0 Å². The van der Waals surface area contributed by atoms with E-state index in [1.807, 2.05) is 18.2 Å². The first-order valence-corrected chi connectivity index (χ1v) is 4.88. The van der Waals surface area contributed by atoms with Crippen LogP contribution in [0.15, 0.2) is 24.3 Å². The summed E-state index contributed by atoms with van der Waals surface area (Å²) in [6.45, 7) is 4.38. The Kier molecular flexibility index (Phi) is 1.73. The first-order valence-electron chi connectivity index (χ1n) is 4.51. The smallest absolute Gasteiger partial charge is 0.0468 e. The van der Waals surface area contributed by atoms with Gasteiger partial charge in [-0.15, -0.1) is 0 Å². The van der Waals surface area contributed by atoms with Crippen molar-refractivity contribution in [3.8, 4) is 0 Å². The number of benzene rings is 1. The summed E-state index contributed by atoms with van der Waals surface area (Å²) < 4.78 is 0. The van der Waals surface area contributed by atoms with Crippen LogP contribution in [-0.4, -0.2) is 0 Å². The molecule has 1 aromatic rings. The maximum absolute atomic E-state index is 6.26. The lowest BCUT2D eigenvalue weighted by Crippen LogP contribution is -2.25. The van der Waals surface area contributed by atoms with E-state index in [4.69, 9.17) is 17.3 Å². The fraction of sp³-hybridized carbons (Fsp3) is 0.455. The van der Waals surface area contributed by atoms with E-state index in [0.717, 1.165) is 17.0 Å². The highest BCUT2D eigenvalue weighted by molar-refractivity contribution is 6.30. The third kappa shape index (κ3) is 1.27. The van der Waals surface area contributed by atoms with Crippen LogP contribution < -0.4 is 5.73 Å². The third-order valence-electron chi connectivity index (χ3n) is 3.14. The van der Waals surface area contributed by atoms with Crippen LogP contribution in [0.1, 0.15) is 25.8 Å². The zero-order valence-electron chi connectivity index (χ0n) is 7.97. The molecule has 70 valence electrons. The number of nitrogens with two attached hydrogens (primary N) is 1. The Morgan fingerprint density at radius 2 is 2.00 bits per heavy atom. The lowest BCUT2D eigenvalue weighted by atomic mass is 9.97. The molecular formula is C11H14ClN. The quantitative estimate of drug-likeness (QED) is 0.733. The molecule has 1 atom stereocenters. The van der Waals surface area contributed by atoms with E-state index >= 15 is 0 Å². The second kappa shape index (κ2) is 2.49. The van der Waals surface area contributed by atoms with E-state index in [1.165, 1.54) is 0 Å². The van der Waals surface area contributed by atoms with Crippen LogP contribution in [0.4, 0.5) is 0 Å². The molecule has 1 aliphatic carbocycles. The minimum absolute atomic E-state index is 0.155. The predicted octanol–water partition coefficient (Wildman–Crippen LogP) is 2.92. The first kappa shape index (κ1) is 9.04. The zero-order valence-corrected chi connectivity index (χ0v) is 8.73. The molecular weight excluding hydrogens is 182 g/mol. The minimum atomic E-state index is -0.155. The van der Waals surface area contributed by atoms with Gasteiger partial charge in [-0.05, 0) is 29.5 Å². The molecule has 0 heterocycles. The van der Waals surface area contributed by atoms with Crippen molar-refractivity contribution in [2.75, 3.05) is 0 Å². The summed E-state index contributed by atoms with van der Waals surface area (Å²) in [5.41, 5.74) is 7.48. The molecule has 1 saturated carbocycles. The first-order chi connectivity index (χ1) is 5.96. The summed E-state index contributed by atoms with van der Waals surface area (Å²) in [4.78, 5) is 0. The van der Waals surface area contributed by atoms with E-state index in [2.05, 4.69) is 19.9 Å². The summed E-state index contributed by atoms with van der Waals surface area (Å²) in [6.07, 6.45) is 1.04. The Bertz CT molecular complexity index is 346. The van der Waals surface area contributed by atoms with Crippen molar-refractivity contribution in [2.45, 2.75) is 25.8 Å². The molecule has 2 N–H and O–H groups in total. The van der Waals surface area contributed by atoms with Gasteiger partial charge in [0.1, 0.15) is 0 Å². The maximum atomic E-state index is 6.26. The van der Waals surface area contributed by atoms with Gasteiger partial charge in [0.25, 0.3) is 0 Å². The summed E-state index contributed by atoms with van der Waals surface area (Å²) in [6, 6.07) is 7.86. The Morgan fingerprint density at radius 3 is 2.46 bits per heavy atom. The van der Waals surface area contributed by atoms with Gasteiger partial charge in [0, 0.05) is 10.6 Å². The van der Waals surface area contributed by atoms with Gasteiger partial charge >= 0.3 is 0 Å². The molecule has 0 spiro atoms. The lowest BCUT2D eigenvalue weighted by Gasteiger charge is -2.15. The molecule has 1 aliphatic rings. The van der Waals surface area contributed by atoms with Crippen LogP contribution in [0.3, 0.4) is 0 Å². The fourth-order valence-corrected chi connectivity index (χ4v) is 2.10. The number of hydrogen-bond donors (Lipinski definition) is 1. The molecule has 1 fully saturated rings. The van der Waals surface area contributed by atoms with Gasteiger partial charge in [-0.2, -0.15) is 0 Å². The molecule has 2 rings (SSSR count). The highest BCUT2D eigenvalue weighted by Crippen LogP contribution is 2.60. The van der Waals surface area contributed by atoms with E-state index in [9.17, 15) is 0 Å². The number of rotatable bonds is 1. The monoisotopic (exact) mass is 195 g/mol. The van der Waals surface area contributed by atoms with Crippen LogP contribution in [0.5, 0.6) is 0 Å². The highest BCUT2D eigenvalue weighted by atomic mass is 35.5. The zero-order chi connectivity index (χ0) is 9.69. The Balaban J connectivity index is 2.38. The highest BCUT2D eigenvalue weighted by Gasteiger charge is 2.59. The maximum Gasteiger partial charge on any atom is 0.0468 e. The summed E-state index contributed by atoms with van der Waals surface area (Å²) in [7, 11) is 0. The molecule has 1 nitrogen and oxygen atoms in total. The fourth-order valence-electron chi connectivity index (χ4n) is 1.91. The normalized spacial score (nSPS) is 30.2. The molecule has 0 saturated heterocycles. The molecule has 0 aliphatic heterocycles. The Labute approximate surface area is 83.9 Å². The molecule has 1 aromatic carbocycles. The molecule has 2 heteroatoms. The Hall–Kier alpha value is -0.530. The van der Waals surface area contributed by atoms with Gasteiger partial charge in [-0.1, -0.05) is 37.6 Å². The largest absolute Gasteiger partial charge is 0.321 e. The van der Waals surface area contributed by atoms with Gasteiger partial charge in [-0.25, -0.2) is 0 Å². The predicted molar refractivity (Wildman–Crippen MR) is 55.7 cm³/mol. The SMILES string of the molecule is CC1(C)CC1(N)c1cccc(Cl)c1. The van der Waals surface area contributed by atoms with Crippen molar-refractivity contribution in [1.82, 2.24) is 0 Å².